The van der Waals surface area contributed by atoms with Crippen LogP contribution in [-0.2, 0) is 5.41 Å². The molecule has 0 spiro atoms. The molecule has 0 radical (unpaired) electrons. The van der Waals surface area contributed by atoms with Crippen LogP contribution in [0.3, 0.4) is 0 Å². The highest BCUT2D eigenvalue weighted by molar-refractivity contribution is 5.79. The van der Waals surface area contributed by atoms with Crippen LogP contribution in [-0.4, -0.2) is 14.2 Å². The minimum Gasteiger partial charge on any atom is -0.497 e. The molecular weight excluding hydrogens is 423 g/mol. The van der Waals surface area contributed by atoms with Gasteiger partial charge < -0.3 is 9.47 Å². The summed E-state index contributed by atoms with van der Waals surface area (Å²) in [5, 5.41) is 0. The van der Waals surface area contributed by atoms with E-state index in [9.17, 15) is 4.39 Å². The Labute approximate surface area is 200 Å². The van der Waals surface area contributed by atoms with Gasteiger partial charge in [0.25, 0.3) is 0 Å². The first-order chi connectivity index (χ1) is 16.7. The molecule has 1 aliphatic carbocycles. The van der Waals surface area contributed by atoms with Gasteiger partial charge in [0.15, 0.2) is 0 Å². The first-order valence-electron chi connectivity index (χ1n) is 11.5. The fourth-order valence-corrected chi connectivity index (χ4v) is 5.32. The minimum absolute atomic E-state index is 0.0275. The Bertz CT molecular complexity index is 1280. The average molecular weight is 451 g/mol. The lowest BCUT2D eigenvalue weighted by Gasteiger charge is -2.39. The zero-order valence-corrected chi connectivity index (χ0v) is 19.4. The molecule has 0 fully saturated rings. The predicted molar refractivity (Wildman–Crippen MR) is 135 cm³/mol. The van der Waals surface area contributed by atoms with E-state index in [0.29, 0.717) is 0 Å². The van der Waals surface area contributed by atoms with Crippen molar-refractivity contribution in [1.82, 2.24) is 0 Å². The third-order valence-corrected chi connectivity index (χ3v) is 6.97. The van der Waals surface area contributed by atoms with Gasteiger partial charge in [-0.2, -0.15) is 0 Å². The van der Waals surface area contributed by atoms with Crippen molar-refractivity contribution in [2.45, 2.75) is 17.8 Å². The molecule has 2 nitrogen and oxygen atoms in total. The number of ether oxygens (including phenoxy) is 2. The number of benzene rings is 4. The molecule has 0 aliphatic heterocycles. The Hall–Kier alpha value is -3.85. The van der Waals surface area contributed by atoms with Gasteiger partial charge in [-0.3, -0.25) is 0 Å². The van der Waals surface area contributed by atoms with Crippen LogP contribution < -0.4 is 9.47 Å². The van der Waals surface area contributed by atoms with Gasteiger partial charge in [0.05, 0.1) is 14.2 Å². The van der Waals surface area contributed by atoms with Crippen LogP contribution in [0.5, 0.6) is 11.5 Å². The van der Waals surface area contributed by atoms with Crippen LogP contribution in [0.25, 0.3) is 5.57 Å². The Morgan fingerprint density at radius 3 is 1.82 bits per heavy atom. The Morgan fingerprint density at radius 2 is 1.24 bits per heavy atom. The molecule has 170 valence electrons. The summed E-state index contributed by atoms with van der Waals surface area (Å²) >= 11 is 0. The highest BCUT2D eigenvalue weighted by Gasteiger charge is 2.47. The minimum atomic E-state index is -0.376. The molecule has 0 saturated heterocycles. The van der Waals surface area contributed by atoms with Crippen molar-refractivity contribution in [2.75, 3.05) is 14.2 Å². The summed E-state index contributed by atoms with van der Waals surface area (Å²) in [4.78, 5) is 0. The summed E-state index contributed by atoms with van der Waals surface area (Å²) in [5.74, 6) is 1.45. The van der Waals surface area contributed by atoms with Gasteiger partial charge in [-0.1, -0.05) is 72.8 Å². The van der Waals surface area contributed by atoms with E-state index < -0.39 is 0 Å². The second kappa shape index (κ2) is 9.18. The Kier molecular flexibility index (Phi) is 5.93. The largest absolute Gasteiger partial charge is 0.497 e. The third kappa shape index (κ3) is 3.77. The van der Waals surface area contributed by atoms with E-state index in [2.05, 4.69) is 54.6 Å². The van der Waals surface area contributed by atoms with E-state index in [1.165, 1.54) is 16.7 Å². The van der Waals surface area contributed by atoms with E-state index in [1.54, 1.807) is 26.4 Å². The Balaban J connectivity index is 1.74. The second-order valence-corrected chi connectivity index (χ2v) is 8.64. The number of hydrogen-bond acceptors (Lipinski definition) is 2. The molecule has 4 aromatic rings. The number of halogens is 1. The molecule has 5 rings (SSSR count). The summed E-state index contributed by atoms with van der Waals surface area (Å²) in [7, 11) is 3.36. The maximum absolute atomic E-state index is 14.0. The third-order valence-electron chi connectivity index (χ3n) is 6.97. The smallest absolute Gasteiger partial charge is 0.123 e. The molecule has 0 amide bonds. The SMILES string of the molecule is COc1ccc(C2=CCC(c3ccccc3)(c3ccc(F)cc3)C2c2ccc(OC)cc2)cc1. The molecule has 1 aliphatic rings. The quantitative estimate of drug-likeness (QED) is 0.305. The van der Waals surface area contributed by atoms with Gasteiger partial charge in [-0.25, -0.2) is 4.39 Å². The van der Waals surface area contributed by atoms with Gasteiger partial charge in [0.2, 0.25) is 0 Å². The van der Waals surface area contributed by atoms with Crippen LogP contribution in [0, 0.1) is 5.82 Å². The summed E-state index contributed by atoms with van der Waals surface area (Å²) < 4.78 is 24.8. The van der Waals surface area contributed by atoms with Crippen LogP contribution in [0.15, 0.2) is 109 Å². The lowest BCUT2D eigenvalue weighted by molar-refractivity contribution is 0.414. The second-order valence-electron chi connectivity index (χ2n) is 8.64. The van der Waals surface area contributed by atoms with Crippen LogP contribution in [0.4, 0.5) is 4.39 Å². The van der Waals surface area contributed by atoms with Crippen molar-refractivity contribution in [2.24, 2.45) is 0 Å². The first kappa shape index (κ1) is 22.0. The maximum atomic E-state index is 14.0. The summed E-state index contributed by atoms with van der Waals surface area (Å²) in [5.41, 5.74) is 5.53. The number of methoxy groups -OCH3 is 2. The van der Waals surface area contributed by atoms with Gasteiger partial charge in [-0.05, 0) is 70.6 Å². The van der Waals surface area contributed by atoms with E-state index in [1.807, 2.05) is 42.5 Å². The average Bonchev–Trinajstić information content (AvgIpc) is 3.31. The van der Waals surface area contributed by atoms with Gasteiger partial charge in [-0.15, -0.1) is 0 Å². The zero-order chi connectivity index (χ0) is 23.5. The van der Waals surface area contributed by atoms with Crippen molar-refractivity contribution in [3.05, 3.63) is 137 Å². The molecule has 2 unspecified atom stereocenters. The molecule has 0 N–H and O–H groups in total. The van der Waals surface area contributed by atoms with Crippen molar-refractivity contribution in [3.63, 3.8) is 0 Å². The van der Waals surface area contributed by atoms with Crippen molar-refractivity contribution >= 4 is 5.57 Å². The zero-order valence-electron chi connectivity index (χ0n) is 19.4. The molecule has 0 saturated carbocycles. The molecule has 0 heterocycles. The van der Waals surface area contributed by atoms with Gasteiger partial charge in [0.1, 0.15) is 17.3 Å². The molecule has 0 aromatic heterocycles. The summed E-state index contributed by atoms with van der Waals surface area (Å²) in [6.45, 7) is 0. The monoisotopic (exact) mass is 450 g/mol. The molecule has 3 heteroatoms. The molecular formula is C31H27FO2. The van der Waals surface area contributed by atoms with Crippen molar-refractivity contribution in [1.29, 1.82) is 0 Å². The van der Waals surface area contributed by atoms with Crippen molar-refractivity contribution in [3.8, 4) is 11.5 Å². The van der Waals surface area contributed by atoms with Crippen LogP contribution >= 0.6 is 0 Å². The van der Waals surface area contributed by atoms with Gasteiger partial charge in [0, 0.05) is 11.3 Å². The molecule has 0 bridgehead atoms. The van der Waals surface area contributed by atoms with E-state index in [0.717, 1.165) is 29.0 Å². The lowest BCUT2D eigenvalue weighted by atomic mass is 9.63. The molecule has 34 heavy (non-hydrogen) atoms. The fraction of sp³-hybridized carbons (Fsp3) is 0.161. The van der Waals surface area contributed by atoms with E-state index in [-0.39, 0.29) is 17.2 Å². The number of allylic oxidation sites excluding steroid dienone is 2. The number of hydrogen-bond donors (Lipinski definition) is 0. The van der Waals surface area contributed by atoms with Crippen LogP contribution in [0.1, 0.15) is 34.6 Å². The summed E-state index contributed by atoms with van der Waals surface area (Å²) in [6.07, 6.45) is 3.15. The van der Waals surface area contributed by atoms with Gasteiger partial charge >= 0.3 is 0 Å². The normalized spacial score (nSPS) is 19.5. The Morgan fingerprint density at radius 1 is 0.676 bits per heavy atom. The topological polar surface area (TPSA) is 18.5 Å². The fourth-order valence-electron chi connectivity index (χ4n) is 5.32. The predicted octanol–water partition coefficient (Wildman–Crippen LogP) is 7.40. The van der Waals surface area contributed by atoms with E-state index >= 15 is 0 Å². The highest BCUT2D eigenvalue weighted by atomic mass is 19.1. The highest BCUT2D eigenvalue weighted by Crippen LogP contribution is 2.57. The first-order valence-corrected chi connectivity index (χ1v) is 11.5. The van der Waals surface area contributed by atoms with Crippen molar-refractivity contribution < 1.29 is 13.9 Å². The molecule has 4 aromatic carbocycles. The maximum Gasteiger partial charge on any atom is 0.123 e. The van der Waals surface area contributed by atoms with E-state index in [4.69, 9.17) is 9.47 Å². The molecule has 2 atom stereocenters. The standard InChI is InChI=1S/C31H27FO2/c1-33-27-16-8-22(9-17-27)29-20-21-31(24-6-4-3-5-7-24,25-12-14-26(32)15-13-25)30(29)23-10-18-28(34-2)19-11-23/h3-20,30H,21H2,1-2H3. The van der Waals surface area contributed by atoms with Crippen LogP contribution in [0.2, 0.25) is 0 Å². The lowest BCUT2D eigenvalue weighted by Crippen LogP contribution is -2.32. The summed E-state index contributed by atoms with van der Waals surface area (Å²) in [6, 6.07) is 34.1. The number of rotatable bonds is 6.